The molecule has 2 nitrogen and oxygen atoms in total. The van der Waals surface area contributed by atoms with Crippen LogP contribution in [0.5, 0.6) is 0 Å². The zero-order chi connectivity index (χ0) is 13.5. The molecule has 0 fully saturated rings. The normalized spacial score (nSPS) is 12.1. The molecule has 1 aromatic carbocycles. The summed E-state index contributed by atoms with van der Waals surface area (Å²) < 4.78 is 0. The number of aromatic nitrogens is 2. The highest BCUT2D eigenvalue weighted by Crippen LogP contribution is 2.41. The summed E-state index contributed by atoms with van der Waals surface area (Å²) in [6.07, 6.45) is 4.48. The molecule has 0 aliphatic heterocycles. The lowest BCUT2D eigenvalue weighted by atomic mass is 10.00. The van der Waals surface area contributed by atoms with Gasteiger partial charge in [-0.3, -0.25) is 9.97 Å². The standard InChI is InChI=1S/C17H11ClN2/c18-12-5-7-19-15(10-12)14-6-8-20-16-9-11-3-1-2-4-13(11)17(14)16/h1-8,10H,9H2. The number of nitrogens with zero attached hydrogens (tertiary/aromatic N) is 2. The molecule has 3 heteroatoms. The summed E-state index contributed by atoms with van der Waals surface area (Å²) in [6.45, 7) is 0. The fourth-order valence-corrected chi connectivity index (χ4v) is 2.96. The van der Waals surface area contributed by atoms with E-state index in [2.05, 4.69) is 34.2 Å². The first-order valence-electron chi connectivity index (χ1n) is 6.51. The third-order valence-electron chi connectivity index (χ3n) is 3.67. The molecule has 0 radical (unpaired) electrons. The van der Waals surface area contributed by atoms with Crippen LogP contribution >= 0.6 is 11.6 Å². The molecule has 2 aromatic heterocycles. The predicted molar refractivity (Wildman–Crippen MR) is 80.7 cm³/mol. The maximum absolute atomic E-state index is 6.09. The highest BCUT2D eigenvalue weighted by molar-refractivity contribution is 6.30. The minimum Gasteiger partial charge on any atom is -0.260 e. The van der Waals surface area contributed by atoms with Crippen molar-refractivity contribution < 1.29 is 0 Å². The average Bonchev–Trinajstić information content (AvgIpc) is 2.85. The number of hydrogen-bond donors (Lipinski definition) is 0. The molecule has 0 bridgehead atoms. The second-order valence-corrected chi connectivity index (χ2v) is 5.31. The Hall–Kier alpha value is -2.19. The summed E-state index contributed by atoms with van der Waals surface area (Å²) in [5.41, 5.74) is 6.88. The van der Waals surface area contributed by atoms with Crippen molar-refractivity contribution in [3.63, 3.8) is 0 Å². The van der Waals surface area contributed by atoms with Crippen LogP contribution in [-0.4, -0.2) is 9.97 Å². The van der Waals surface area contributed by atoms with E-state index in [4.69, 9.17) is 11.6 Å². The fraction of sp³-hybridized carbons (Fsp3) is 0.0588. The van der Waals surface area contributed by atoms with Gasteiger partial charge >= 0.3 is 0 Å². The summed E-state index contributed by atoms with van der Waals surface area (Å²) in [6, 6.07) is 14.2. The second-order valence-electron chi connectivity index (χ2n) is 4.87. The molecule has 0 spiro atoms. The third-order valence-corrected chi connectivity index (χ3v) is 3.91. The van der Waals surface area contributed by atoms with Gasteiger partial charge in [-0.15, -0.1) is 0 Å². The summed E-state index contributed by atoms with van der Waals surface area (Å²) in [5, 5.41) is 0.701. The molecule has 0 saturated carbocycles. The van der Waals surface area contributed by atoms with Crippen LogP contribution in [0.25, 0.3) is 22.4 Å². The third kappa shape index (κ3) is 1.73. The van der Waals surface area contributed by atoms with Gasteiger partial charge in [0.05, 0.1) is 11.4 Å². The lowest BCUT2D eigenvalue weighted by Gasteiger charge is -2.08. The molecular formula is C17H11ClN2. The summed E-state index contributed by atoms with van der Waals surface area (Å²) >= 11 is 6.09. The number of halogens is 1. The smallest absolute Gasteiger partial charge is 0.0724 e. The Morgan fingerprint density at radius 1 is 0.900 bits per heavy atom. The summed E-state index contributed by atoms with van der Waals surface area (Å²) in [4.78, 5) is 8.97. The molecule has 0 N–H and O–H groups in total. The van der Waals surface area contributed by atoms with E-state index >= 15 is 0 Å². The zero-order valence-electron chi connectivity index (χ0n) is 10.7. The molecule has 0 atom stereocenters. The minimum atomic E-state index is 0.701. The van der Waals surface area contributed by atoms with E-state index < -0.39 is 0 Å². The highest BCUT2D eigenvalue weighted by atomic mass is 35.5. The van der Waals surface area contributed by atoms with E-state index in [1.165, 1.54) is 16.7 Å². The molecule has 0 amide bonds. The van der Waals surface area contributed by atoms with Crippen LogP contribution in [0.2, 0.25) is 5.02 Å². The Bertz CT molecular complexity index is 812. The Balaban J connectivity index is 2.00. The van der Waals surface area contributed by atoms with Crippen molar-refractivity contribution in [1.29, 1.82) is 0 Å². The largest absolute Gasteiger partial charge is 0.260 e. The molecule has 0 unspecified atom stereocenters. The topological polar surface area (TPSA) is 25.8 Å². The van der Waals surface area contributed by atoms with Crippen LogP contribution in [-0.2, 0) is 6.42 Å². The Morgan fingerprint density at radius 3 is 2.65 bits per heavy atom. The lowest BCUT2D eigenvalue weighted by molar-refractivity contribution is 1.12. The predicted octanol–water partition coefficient (Wildman–Crippen LogP) is 4.37. The SMILES string of the molecule is Clc1ccnc(-c2ccnc3c2-c2ccccc2C3)c1. The van der Waals surface area contributed by atoms with E-state index in [-0.39, 0.29) is 0 Å². The van der Waals surface area contributed by atoms with E-state index in [1.54, 1.807) is 12.3 Å². The minimum absolute atomic E-state index is 0.701. The maximum atomic E-state index is 6.09. The Kier molecular flexibility index (Phi) is 2.57. The van der Waals surface area contributed by atoms with Gasteiger partial charge in [-0.05, 0) is 29.3 Å². The van der Waals surface area contributed by atoms with E-state index in [0.717, 1.165) is 23.4 Å². The van der Waals surface area contributed by atoms with Crippen molar-refractivity contribution in [1.82, 2.24) is 9.97 Å². The Morgan fingerprint density at radius 2 is 1.75 bits per heavy atom. The van der Waals surface area contributed by atoms with Crippen LogP contribution in [0.15, 0.2) is 54.9 Å². The first-order chi connectivity index (χ1) is 9.83. The number of fused-ring (bicyclic) bond motifs is 3. The quantitative estimate of drug-likeness (QED) is 0.517. The monoisotopic (exact) mass is 278 g/mol. The van der Waals surface area contributed by atoms with Gasteiger partial charge in [0, 0.05) is 35.0 Å². The van der Waals surface area contributed by atoms with Crippen molar-refractivity contribution in [3.05, 3.63) is 71.1 Å². The van der Waals surface area contributed by atoms with Crippen LogP contribution < -0.4 is 0 Å². The van der Waals surface area contributed by atoms with Crippen LogP contribution in [0.3, 0.4) is 0 Å². The van der Waals surface area contributed by atoms with Gasteiger partial charge < -0.3 is 0 Å². The van der Waals surface area contributed by atoms with Gasteiger partial charge in [0.15, 0.2) is 0 Å². The molecule has 3 aromatic rings. The number of benzene rings is 1. The molecule has 96 valence electrons. The number of pyridine rings is 2. The number of rotatable bonds is 1. The van der Waals surface area contributed by atoms with Gasteiger partial charge in [0.2, 0.25) is 0 Å². The van der Waals surface area contributed by atoms with Gasteiger partial charge in [-0.25, -0.2) is 0 Å². The van der Waals surface area contributed by atoms with E-state index in [1.807, 2.05) is 18.3 Å². The first kappa shape index (κ1) is 11.6. The molecule has 1 aliphatic carbocycles. The lowest BCUT2D eigenvalue weighted by Crippen LogP contribution is -1.91. The molecular weight excluding hydrogens is 268 g/mol. The van der Waals surface area contributed by atoms with Gasteiger partial charge in [-0.1, -0.05) is 35.9 Å². The van der Waals surface area contributed by atoms with E-state index in [9.17, 15) is 0 Å². The molecule has 4 rings (SSSR count). The van der Waals surface area contributed by atoms with Crippen molar-refractivity contribution in [2.45, 2.75) is 6.42 Å². The first-order valence-corrected chi connectivity index (χ1v) is 6.89. The molecule has 20 heavy (non-hydrogen) atoms. The van der Waals surface area contributed by atoms with Crippen LogP contribution in [0.1, 0.15) is 11.3 Å². The zero-order valence-corrected chi connectivity index (χ0v) is 11.4. The van der Waals surface area contributed by atoms with Gasteiger partial charge in [-0.2, -0.15) is 0 Å². The van der Waals surface area contributed by atoms with Gasteiger partial charge in [0.1, 0.15) is 0 Å². The van der Waals surface area contributed by atoms with Gasteiger partial charge in [0.25, 0.3) is 0 Å². The van der Waals surface area contributed by atoms with Crippen molar-refractivity contribution in [3.8, 4) is 22.4 Å². The number of hydrogen-bond acceptors (Lipinski definition) is 2. The van der Waals surface area contributed by atoms with Crippen molar-refractivity contribution in [2.24, 2.45) is 0 Å². The van der Waals surface area contributed by atoms with Crippen LogP contribution in [0.4, 0.5) is 0 Å². The second kappa shape index (κ2) is 4.43. The maximum Gasteiger partial charge on any atom is 0.0724 e. The average molecular weight is 279 g/mol. The summed E-state index contributed by atoms with van der Waals surface area (Å²) in [7, 11) is 0. The highest BCUT2D eigenvalue weighted by Gasteiger charge is 2.23. The Labute approximate surface area is 122 Å². The van der Waals surface area contributed by atoms with E-state index in [0.29, 0.717) is 5.02 Å². The van der Waals surface area contributed by atoms with Crippen molar-refractivity contribution >= 4 is 11.6 Å². The molecule has 2 heterocycles. The fourth-order valence-electron chi connectivity index (χ4n) is 2.80. The van der Waals surface area contributed by atoms with Crippen molar-refractivity contribution in [2.75, 3.05) is 0 Å². The molecule has 1 aliphatic rings. The van der Waals surface area contributed by atoms with Crippen LogP contribution in [0, 0.1) is 0 Å². The molecule has 0 saturated heterocycles. The summed E-state index contributed by atoms with van der Waals surface area (Å²) in [5.74, 6) is 0.